The number of ether oxygens (including phenoxy) is 1. The van der Waals surface area contributed by atoms with Crippen molar-refractivity contribution < 1.29 is 17.9 Å². The maximum absolute atomic E-state index is 12.3. The maximum atomic E-state index is 12.3. The average molecular weight is 467 g/mol. The second-order valence-corrected chi connectivity index (χ2v) is 19.6. The van der Waals surface area contributed by atoms with Crippen LogP contribution >= 0.6 is 0 Å². The van der Waals surface area contributed by atoms with E-state index in [2.05, 4.69) is 30.7 Å². The van der Waals surface area contributed by atoms with Crippen molar-refractivity contribution in [2.75, 3.05) is 6.61 Å². The van der Waals surface area contributed by atoms with Crippen molar-refractivity contribution in [3.63, 3.8) is 0 Å². The first-order chi connectivity index (χ1) is 11.9. The first kappa shape index (κ1) is 22.5. The second kappa shape index (κ2) is 11.2. The van der Waals surface area contributed by atoms with E-state index >= 15 is 0 Å². The summed E-state index contributed by atoms with van der Waals surface area (Å²) in [6, 6.07) is 0. The van der Waals surface area contributed by atoms with Gasteiger partial charge in [-0.05, 0) is 0 Å². The van der Waals surface area contributed by atoms with Crippen LogP contribution in [-0.2, 0) is 0 Å². The van der Waals surface area contributed by atoms with Crippen molar-refractivity contribution in [2.24, 2.45) is 0 Å². The fourth-order valence-corrected chi connectivity index (χ4v) is 17.9. The molecule has 1 heterocycles. The van der Waals surface area contributed by atoms with Crippen LogP contribution in [0.15, 0.2) is 12.4 Å². The molecular weight excluding hydrogens is 436 g/mol. The second-order valence-electron chi connectivity index (χ2n) is 6.74. The number of hydrogen-bond donors (Lipinski definition) is 0. The van der Waals surface area contributed by atoms with Gasteiger partial charge in [-0.25, -0.2) is 0 Å². The van der Waals surface area contributed by atoms with Crippen molar-refractivity contribution >= 4 is 22.2 Å². The monoisotopic (exact) mass is 468 g/mol. The SMILES string of the molecule is CCC[CH2][Sn]([CH2]CCC)([CH2]CCC)[c]1ncc(OCC(F)(F)F)cn1. The van der Waals surface area contributed by atoms with Crippen LogP contribution in [-0.4, -0.2) is 41.1 Å². The predicted molar refractivity (Wildman–Crippen MR) is 98.1 cm³/mol. The normalized spacial score (nSPS) is 12.4. The molecule has 1 aromatic heterocycles. The Kier molecular flexibility index (Phi) is 10.1. The van der Waals surface area contributed by atoms with Gasteiger partial charge in [0.25, 0.3) is 0 Å². The van der Waals surface area contributed by atoms with Gasteiger partial charge in [0.05, 0.1) is 0 Å². The molecule has 0 aliphatic rings. The van der Waals surface area contributed by atoms with E-state index in [0.29, 0.717) is 0 Å². The van der Waals surface area contributed by atoms with Gasteiger partial charge in [0.1, 0.15) is 0 Å². The van der Waals surface area contributed by atoms with Crippen LogP contribution in [0, 0.1) is 0 Å². The van der Waals surface area contributed by atoms with Gasteiger partial charge in [0.2, 0.25) is 0 Å². The van der Waals surface area contributed by atoms with Crippen LogP contribution < -0.4 is 8.58 Å². The average Bonchev–Trinajstić information content (AvgIpc) is 2.59. The van der Waals surface area contributed by atoms with Gasteiger partial charge in [-0.15, -0.1) is 0 Å². The topological polar surface area (TPSA) is 35.0 Å². The zero-order chi connectivity index (χ0) is 18.8. The molecule has 0 bridgehead atoms. The van der Waals surface area contributed by atoms with Crippen molar-refractivity contribution in [1.82, 2.24) is 9.97 Å². The summed E-state index contributed by atoms with van der Waals surface area (Å²) in [6.07, 6.45) is 5.58. The predicted octanol–water partition coefficient (Wildman–Crippen LogP) is 5.47. The number of halogens is 3. The summed E-state index contributed by atoms with van der Waals surface area (Å²) in [5.74, 6) is 0.0998. The summed E-state index contributed by atoms with van der Waals surface area (Å²) in [6.45, 7) is 5.30. The van der Waals surface area contributed by atoms with E-state index in [4.69, 9.17) is 4.74 Å². The summed E-state index contributed by atoms with van der Waals surface area (Å²) < 4.78 is 46.2. The standard InChI is InChI=1S/C6H4F3N2O.3C4H9.Sn/c7-6(8,9)3-12-5-1-10-4-11-2-5;3*1-3-4-2;/h1-2H,3H2;3*1,3-4H2,2H3;. The van der Waals surface area contributed by atoms with Gasteiger partial charge < -0.3 is 0 Å². The molecular formula is C18H31F3N2OSn. The first-order valence-corrected chi connectivity index (χ1v) is 16.9. The quantitative estimate of drug-likeness (QED) is 0.383. The van der Waals surface area contributed by atoms with Gasteiger partial charge >= 0.3 is 154 Å². The third-order valence-electron chi connectivity index (χ3n) is 4.53. The Morgan fingerprint density at radius 2 is 1.32 bits per heavy atom. The Hall–Kier alpha value is -0.531. The molecule has 0 aliphatic carbocycles. The summed E-state index contributed by atoms with van der Waals surface area (Å²) in [7, 11) is 0. The van der Waals surface area contributed by atoms with Gasteiger partial charge in [0.15, 0.2) is 0 Å². The molecule has 1 aromatic rings. The molecule has 0 aliphatic heterocycles. The zero-order valence-electron chi connectivity index (χ0n) is 15.7. The van der Waals surface area contributed by atoms with Crippen LogP contribution in [0.4, 0.5) is 13.2 Å². The fraction of sp³-hybridized carbons (Fsp3) is 0.778. The summed E-state index contributed by atoms with van der Waals surface area (Å²) in [5.41, 5.74) is 0. The van der Waals surface area contributed by atoms with Gasteiger partial charge in [-0.1, -0.05) is 0 Å². The summed E-state index contributed by atoms with van der Waals surface area (Å²) in [4.78, 5) is 9.00. The van der Waals surface area contributed by atoms with Crippen molar-refractivity contribution in [3.05, 3.63) is 12.4 Å². The van der Waals surface area contributed by atoms with Gasteiger partial charge in [-0.2, -0.15) is 0 Å². The molecule has 0 amide bonds. The molecule has 0 unspecified atom stereocenters. The van der Waals surface area contributed by atoms with Crippen molar-refractivity contribution in [1.29, 1.82) is 0 Å². The Morgan fingerprint density at radius 1 is 0.880 bits per heavy atom. The molecule has 0 saturated carbocycles. The van der Waals surface area contributed by atoms with E-state index in [0.717, 1.165) is 23.1 Å². The number of hydrogen-bond acceptors (Lipinski definition) is 3. The molecule has 1 rings (SSSR count). The van der Waals surface area contributed by atoms with Crippen LogP contribution in [0.1, 0.15) is 59.3 Å². The van der Waals surface area contributed by atoms with E-state index in [1.807, 2.05) is 0 Å². The number of nitrogens with zero attached hydrogens (tertiary/aromatic N) is 2. The molecule has 0 N–H and O–H groups in total. The Labute approximate surface area is 153 Å². The Bertz CT molecular complexity index is 458. The van der Waals surface area contributed by atoms with Crippen molar-refractivity contribution in [3.8, 4) is 5.75 Å². The molecule has 0 fully saturated rings. The third-order valence-corrected chi connectivity index (χ3v) is 19.2. The van der Waals surface area contributed by atoms with E-state index in [1.54, 1.807) is 0 Å². The minimum absolute atomic E-state index is 0.0998. The molecule has 0 atom stereocenters. The molecule has 25 heavy (non-hydrogen) atoms. The third kappa shape index (κ3) is 8.13. The van der Waals surface area contributed by atoms with E-state index in [9.17, 15) is 13.2 Å². The molecule has 144 valence electrons. The molecule has 7 heteroatoms. The van der Waals surface area contributed by atoms with E-state index in [1.165, 1.54) is 45.0 Å². The van der Waals surface area contributed by atoms with Crippen LogP contribution in [0.25, 0.3) is 0 Å². The molecule has 0 spiro atoms. The number of aromatic nitrogens is 2. The van der Waals surface area contributed by atoms with Gasteiger partial charge in [-0.3, -0.25) is 0 Å². The van der Waals surface area contributed by atoms with Crippen LogP contribution in [0.2, 0.25) is 13.3 Å². The Morgan fingerprint density at radius 3 is 1.68 bits per heavy atom. The minimum atomic E-state index is -4.34. The van der Waals surface area contributed by atoms with Crippen molar-refractivity contribution in [2.45, 2.75) is 78.8 Å². The summed E-state index contributed by atoms with van der Waals surface area (Å²) >= 11 is -2.71. The van der Waals surface area contributed by atoms with E-state index < -0.39 is 31.2 Å². The Balaban J connectivity index is 2.97. The number of rotatable bonds is 12. The summed E-state index contributed by atoms with van der Waals surface area (Å²) in [5, 5.41) is 0. The number of alkyl halides is 3. The van der Waals surface area contributed by atoms with E-state index in [-0.39, 0.29) is 5.75 Å². The zero-order valence-corrected chi connectivity index (χ0v) is 18.5. The molecule has 3 nitrogen and oxygen atoms in total. The number of unbranched alkanes of at least 4 members (excludes halogenated alkanes) is 3. The van der Waals surface area contributed by atoms with Crippen LogP contribution in [0.5, 0.6) is 5.75 Å². The molecule has 0 aromatic carbocycles. The first-order valence-electron chi connectivity index (χ1n) is 9.39. The van der Waals surface area contributed by atoms with Gasteiger partial charge in [0, 0.05) is 0 Å². The fourth-order valence-electron chi connectivity index (χ4n) is 3.09. The molecule has 0 saturated heterocycles. The van der Waals surface area contributed by atoms with Crippen LogP contribution in [0.3, 0.4) is 0 Å². The molecule has 0 radical (unpaired) electrons.